The van der Waals surface area contributed by atoms with Crippen LogP contribution in [0.4, 0.5) is 4.79 Å². The zero-order valence-electron chi connectivity index (χ0n) is 23.1. The summed E-state index contributed by atoms with van der Waals surface area (Å²) >= 11 is 0. The molecular weight excluding hydrogens is 496 g/mol. The minimum atomic E-state index is -1.17. The summed E-state index contributed by atoms with van der Waals surface area (Å²) in [5.74, 6) is 11.1. The minimum Gasteiger partial charge on any atom is -0.464 e. The molecule has 0 aliphatic carbocycles. The molecule has 0 saturated carbocycles. The zero-order valence-corrected chi connectivity index (χ0v) is 23.1. The average molecular weight is 537 g/mol. The van der Waals surface area contributed by atoms with Crippen LogP contribution in [0.2, 0.25) is 0 Å². The van der Waals surface area contributed by atoms with Crippen molar-refractivity contribution in [3.05, 3.63) is 71.3 Å². The van der Waals surface area contributed by atoms with Crippen LogP contribution in [0, 0.1) is 11.8 Å². The standard InChI is InChI=1S/C30H40N4O5/c1-30(2,3)39-27(35)23-38-22-21-32-17-19-33(20-18-32)28(25-10-5-4-6-11-25)26-14-12-24(13-15-26)9-7-8-16-34(31)29(36)37/h4-6,10-15,28H,8,16-23,31H2,1-3H3,(H,36,37). The van der Waals surface area contributed by atoms with Gasteiger partial charge in [0.25, 0.3) is 0 Å². The molecule has 3 rings (SSSR count). The third kappa shape index (κ3) is 10.3. The van der Waals surface area contributed by atoms with Crippen LogP contribution in [0.15, 0.2) is 54.6 Å². The van der Waals surface area contributed by atoms with E-state index in [9.17, 15) is 9.59 Å². The molecule has 0 aromatic heterocycles. The Morgan fingerprint density at radius 3 is 2.28 bits per heavy atom. The fourth-order valence-corrected chi connectivity index (χ4v) is 4.40. The summed E-state index contributed by atoms with van der Waals surface area (Å²) in [4.78, 5) is 27.5. The molecule has 0 spiro atoms. The highest BCUT2D eigenvalue weighted by Crippen LogP contribution is 2.29. The third-order valence-corrected chi connectivity index (χ3v) is 6.26. The summed E-state index contributed by atoms with van der Waals surface area (Å²) in [5, 5.41) is 9.55. The Labute approximate surface area is 231 Å². The van der Waals surface area contributed by atoms with Crippen molar-refractivity contribution in [2.75, 3.05) is 52.5 Å². The van der Waals surface area contributed by atoms with Gasteiger partial charge in [-0.3, -0.25) is 9.80 Å². The number of rotatable bonds is 10. The molecule has 1 heterocycles. The highest BCUT2D eigenvalue weighted by molar-refractivity contribution is 5.71. The summed E-state index contributed by atoms with van der Waals surface area (Å²) in [5.41, 5.74) is 2.80. The molecule has 0 radical (unpaired) electrons. The van der Waals surface area contributed by atoms with E-state index in [0.717, 1.165) is 43.3 Å². The SMILES string of the molecule is CC(C)(C)OC(=O)COCCN1CCN(C(c2ccccc2)c2ccc(C#CCCN(N)C(=O)O)cc2)CC1. The number of carboxylic acid groups (broad SMARTS) is 1. The zero-order chi connectivity index (χ0) is 28.3. The van der Waals surface area contributed by atoms with Gasteiger partial charge in [0.2, 0.25) is 0 Å². The van der Waals surface area contributed by atoms with Gasteiger partial charge in [-0.1, -0.05) is 54.3 Å². The number of carbonyl (C=O) groups excluding carboxylic acids is 1. The van der Waals surface area contributed by atoms with Crippen molar-refractivity contribution in [2.24, 2.45) is 5.84 Å². The number of hydrazine groups is 1. The Bertz CT molecular complexity index is 1110. The summed E-state index contributed by atoms with van der Waals surface area (Å²) in [6, 6.07) is 18.9. The number of piperazine rings is 1. The van der Waals surface area contributed by atoms with Gasteiger partial charge in [0.05, 0.1) is 19.2 Å². The Balaban J connectivity index is 1.55. The molecule has 1 amide bonds. The van der Waals surface area contributed by atoms with Crippen molar-refractivity contribution in [1.82, 2.24) is 14.8 Å². The Kier molecular flexibility index (Phi) is 11.3. The van der Waals surface area contributed by atoms with Crippen LogP contribution in [-0.2, 0) is 14.3 Å². The molecule has 9 heteroatoms. The van der Waals surface area contributed by atoms with Gasteiger partial charge in [-0.2, -0.15) is 0 Å². The van der Waals surface area contributed by atoms with Crippen molar-refractivity contribution in [3.8, 4) is 11.8 Å². The number of nitrogens with zero attached hydrogens (tertiary/aromatic N) is 3. The number of benzene rings is 2. The number of esters is 1. The molecule has 1 fully saturated rings. The number of amides is 1. The van der Waals surface area contributed by atoms with Gasteiger partial charge in [0.1, 0.15) is 12.2 Å². The maximum atomic E-state index is 11.8. The predicted molar refractivity (Wildman–Crippen MR) is 150 cm³/mol. The van der Waals surface area contributed by atoms with Gasteiger partial charge < -0.3 is 14.6 Å². The Hall–Kier alpha value is -3.42. The van der Waals surface area contributed by atoms with Crippen LogP contribution in [0.1, 0.15) is 49.9 Å². The summed E-state index contributed by atoms with van der Waals surface area (Å²) < 4.78 is 10.8. The fourth-order valence-electron chi connectivity index (χ4n) is 4.40. The molecule has 0 bridgehead atoms. The van der Waals surface area contributed by atoms with Gasteiger partial charge in [-0.15, -0.1) is 0 Å². The second kappa shape index (κ2) is 14.7. The van der Waals surface area contributed by atoms with Gasteiger partial charge in [-0.05, 0) is 44.0 Å². The van der Waals surface area contributed by atoms with Gasteiger partial charge in [0.15, 0.2) is 0 Å². The normalized spacial score (nSPS) is 15.2. The first-order valence-corrected chi connectivity index (χ1v) is 13.3. The first-order valence-electron chi connectivity index (χ1n) is 13.3. The van der Waals surface area contributed by atoms with E-state index >= 15 is 0 Å². The van der Waals surface area contributed by atoms with Crippen LogP contribution in [0.25, 0.3) is 0 Å². The van der Waals surface area contributed by atoms with Gasteiger partial charge in [-0.25, -0.2) is 20.4 Å². The third-order valence-electron chi connectivity index (χ3n) is 6.26. The molecule has 9 nitrogen and oxygen atoms in total. The first-order chi connectivity index (χ1) is 18.6. The topological polar surface area (TPSA) is 109 Å². The van der Waals surface area contributed by atoms with Crippen molar-refractivity contribution >= 4 is 12.1 Å². The molecular formula is C30H40N4O5. The van der Waals surface area contributed by atoms with Crippen LogP contribution in [0.3, 0.4) is 0 Å². The second-order valence-electron chi connectivity index (χ2n) is 10.5. The number of carbonyl (C=O) groups is 2. The van der Waals surface area contributed by atoms with Crippen LogP contribution < -0.4 is 5.84 Å². The molecule has 1 atom stereocenters. The lowest BCUT2D eigenvalue weighted by Crippen LogP contribution is -2.48. The number of nitrogens with two attached hydrogens (primary N) is 1. The second-order valence-corrected chi connectivity index (χ2v) is 10.5. The molecule has 3 N–H and O–H groups in total. The molecule has 1 unspecified atom stereocenters. The van der Waals surface area contributed by atoms with E-state index in [1.165, 1.54) is 11.1 Å². The molecule has 2 aromatic carbocycles. The summed E-state index contributed by atoms with van der Waals surface area (Å²) in [6.07, 6.45) is -0.798. The Morgan fingerprint density at radius 1 is 1.03 bits per heavy atom. The summed E-state index contributed by atoms with van der Waals surface area (Å²) in [7, 11) is 0. The van der Waals surface area contributed by atoms with Gasteiger partial charge >= 0.3 is 12.1 Å². The van der Waals surface area contributed by atoms with Crippen LogP contribution >= 0.6 is 0 Å². The van der Waals surface area contributed by atoms with E-state index in [-0.39, 0.29) is 25.2 Å². The number of ether oxygens (including phenoxy) is 2. The maximum Gasteiger partial charge on any atom is 0.421 e. The van der Waals surface area contributed by atoms with Crippen molar-refractivity contribution in [2.45, 2.75) is 38.8 Å². The molecule has 1 aliphatic heterocycles. The number of hydrogen-bond acceptors (Lipinski definition) is 7. The first kappa shape index (κ1) is 30.1. The largest absolute Gasteiger partial charge is 0.464 e. The smallest absolute Gasteiger partial charge is 0.421 e. The molecule has 2 aromatic rings. The number of hydrogen-bond donors (Lipinski definition) is 2. The fraction of sp³-hybridized carbons (Fsp3) is 0.467. The maximum absolute atomic E-state index is 11.8. The summed E-state index contributed by atoms with van der Waals surface area (Å²) in [6.45, 7) is 10.6. The van der Waals surface area contributed by atoms with Crippen molar-refractivity contribution in [1.29, 1.82) is 0 Å². The monoisotopic (exact) mass is 536 g/mol. The van der Waals surface area contributed by atoms with E-state index in [4.69, 9.17) is 20.4 Å². The van der Waals surface area contributed by atoms with E-state index in [1.807, 2.05) is 39.0 Å². The Morgan fingerprint density at radius 2 is 1.67 bits per heavy atom. The van der Waals surface area contributed by atoms with E-state index in [1.54, 1.807) is 0 Å². The average Bonchev–Trinajstić information content (AvgIpc) is 2.90. The van der Waals surface area contributed by atoms with E-state index in [2.05, 4.69) is 58.0 Å². The molecule has 210 valence electrons. The van der Waals surface area contributed by atoms with Gasteiger partial charge in [0, 0.05) is 44.7 Å². The quantitative estimate of drug-likeness (QED) is 0.119. The molecule has 1 aliphatic rings. The lowest BCUT2D eigenvalue weighted by atomic mass is 9.95. The highest BCUT2D eigenvalue weighted by Gasteiger charge is 2.26. The van der Waals surface area contributed by atoms with E-state index in [0.29, 0.717) is 13.0 Å². The lowest BCUT2D eigenvalue weighted by Gasteiger charge is -2.39. The van der Waals surface area contributed by atoms with Crippen LogP contribution in [-0.4, -0.2) is 90.1 Å². The van der Waals surface area contributed by atoms with Crippen molar-refractivity contribution < 1.29 is 24.2 Å². The highest BCUT2D eigenvalue weighted by atomic mass is 16.6. The predicted octanol–water partition coefficient (Wildman–Crippen LogP) is 3.35. The van der Waals surface area contributed by atoms with Crippen molar-refractivity contribution in [3.63, 3.8) is 0 Å². The molecule has 39 heavy (non-hydrogen) atoms. The van der Waals surface area contributed by atoms with E-state index < -0.39 is 11.7 Å². The lowest BCUT2D eigenvalue weighted by molar-refractivity contribution is -0.160. The molecule has 1 saturated heterocycles. The van der Waals surface area contributed by atoms with Crippen LogP contribution in [0.5, 0.6) is 0 Å². The minimum absolute atomic E-state index is 0.0263.